The summed E-state index contributed by atoms with van der Waals surface area (Å²) >= 11 is 0. The molecule has 1 N–H and O–H groups in total. The second-order valence-electron chi connectivity index (χ2n) is 4.21. The zero-order chi connectivity index (χ0) is 11.4. The number of carbonyl (C=O) groups is 1. The SMILES string of the molecule is O=C(O[C@@H]1CCC[C@@H](O)C1)c1ccccc1. The van der Waals surface area contributed by atoms with E-state index in [-0.39, 0.29) is 18.2 Å². The summed E-state index contributed by atoms with van der Waals surface area (Å²) in [5.41, 5.74) is 0.572. The van der Waals surface area contributed by atoms with Gasteiger partial charge < -0.3 is 9.84 Å². The zero-order valence-corrected chi connectivity index (χ0v) is 9.13. The van der Waals surface area contributed by atoms with Gasteiger partial charge in [-0.3, -0.25) is 0 Å². The van der Waals surface area contributed by atoms with Crippen LogP contribution in [0.15, 0.2) is 30.3 Å². The van der Waals surface area contributed by atoms with Crippen LogP contribution in [0.4, 0.5) is 0 Å². The molecule has 1 aromatic rings. The van der Waals surface area contributed by atoms with Crippen molar-refractivity contribution in [3.63, 3.8) is 0 Å². The van der Waals surface area contributed by atoms with Gasteiger partial charge in [0.2, 0.25) is 0 Å². The quantitative estimate of drug-likeness (QED) is 0.777. The third kappa shape index (κ3) is 2.83. The molecule has 1 aliphatic rings. The Balaban J connectivity index is 1.92. The van der Waals surface area contributed by atoms with Gasteiger partial charge in [0.25, 0.3) is 0 Å². The van der Waals surface area contributed by atoms with Gasteiger partial charge in [0.05, 0.1) is 11.7 Å². The average molecular weight is 220 g/mol. The Kier molecular flexibility index (Phi) is 3.57. The van der Waals surface area contributed by atoms with Crippen molar-refractivity contribution in [1.82, 2.24) is 0 Å². The molecule has 3 nitrogen and oxygen atoms in total. The minimum Gasteiger partial charge on any atom is -0.459 e. The Morgan fingerprint density at radius 3 is 2.69 bits per heavy atom. The van der Waals surface area contributed by atoms with Crippen molar-refractivity contribution in [3.8, 4) is 0 Å². The molecule has 2 rings (SSSR count). The minimum absolute atomic E-state index is 0.128. The summed E-state index contributed by atoms with van der Waals surface area (Å²) in [6.45, 7) is 0. The molecule has 1 saturated carbocycles. The predicted molar refractivity (Wildman–Crippen MR) is 60.1 cm³/mol. The molecule has 0 spiro atoms. The van der Waals surface area contributed by atoms with Gasteiger partial charge in [-0.1, -0.05) is 18.2 Å². The van der Waals surface area contributed by atoms with Crippen molar-refractivity contribution >= 4 is 5.97 Å². The van der Waals surface area contributed by atoms with Gasteiger partial charge in [0.15, 0.2) is 0 Å². The van der Waals surface area contributed by atoms with E-state index in [2.05, 4.69) is 0 Å². The lowest BCUT2D eigenvalue weighted by Gasteiger charge is -2.25. The summed E-state index contributed by atoms with van der Waals surface area (Å²) in [5, 5.41) is 9.47. The number of carbonyl (C=O) groups excluding carboxylic acids is 1. The Bertz CT molecular complexity index is 347. The summed E-state index contributed by atoms with van der Waals surface area (Å²) < 4.78 is 5.35. The number of aliphatic hydroxyl groups is 1. The van der Waals surface area contributed by atoms with Crippen LogP contribution in [0.25, 0.3) is 0 Å². The summed E-state index contributed by atoms with van der Waals surface area (Å²) in [4.78, 5) is 11.7. The van der Waals surface area contributed by atoms with E-state index in [1.165, 1.54) is 0 Å². The highest BCUT2D eigenvalue weighted by Crippen LogP contribution is 2.21. The molecule has 0 amide bonds. The normalized spacial score (nSPS) is 25.1. The Morgan fingerprint density at radius 2 is 2.00 bits per heavy atom. The first-order valence-corrected chi connectivity index (χ1v) is 5.70. The molecule has 0 aliphatic heterocycles. The number of aliphatic hydroxyl groups excluding tert-OH is 1. The number of rotatable bonds is 2. The second-order valence-corrected chi connectivity index (χ2v) is 4.21. The van der Waals surface area contributed by atoms with Crippen molar-refractivity contribution in [2.24, 2.45) is 0 Å². The van der Waals surface area contributed by atoms with Gasteiger partial charge >= 0.3 is 5.97 Å². The highest BCUT2D eigenvalue weighted by molar-refractivity contribution is 5.89. The van der Waals surface area contributed by atoms with Crippen molar-refractivity contribution in [3.05, 3.63) is 35.9 Å². The molecule has 0 heterocycles. The third-order valence-electron chi connectivity index (χ3n) is 2.88. The largest absolute Gasteiger partial charge is 0.459 e. The summed E-state index contributed by atoms with van der Waals surface area (Å²) in [6, 6.07) is 8.96. The van der Waals surface area contributed by atoms with Gasteiger partial charge in [-0.2, -0.15) is 0 Å². The van der Waals surface area contributed by atoms with Crippen LogP contribution in [0.3, 0.4) is 0 Å². The van der Waals surface area contributed by atoms with E-state index in [1.807, 2.05) is 18.2 Å². The lowest BCUT2D eigenvalue weighted by molar-refractivity contribution is -0.00223. The van der Waals surface area contributed by atoms with Gasteiger partial charge in [-0.15, -0.1) is 0 Å². The van der Waals surface area contributed by atoms with E-state index in [9.17, 15) is 9.90 Å². The van der Waals surface area contributed by atoms with Crippen LogP contribution in [0.5, 0.6) is 0 Å². The lowest BCUT2D eigenvalue weighted by Crippen LogP contribution is -2.28. The van der Waals surface area contributed by atoms with Crippen LogP contribution in [0.1, 0.15) is 36.0 Å². The van der Waals surface area contributed by atoms with Gasteiger partial charge in [-0.05, 0) is 31.4 Å². The van der Waals surface area contributed by atoms with Crippen LogP contribution >= 0.6 is 0 Å². The summed E-state index contributed by atoms with van der Waals surface area (Å²) in [7, 11) is 0. The topological polar surface area (TPSA) is 46.5 Å². The number of ether oxygens (including phenoxy) is 1. The summed E-state index contributed by atoms with van der Waals surface area (Å²) in [5.74, 6) is -0.292. The van der Waals surface area contributed by atoms with E-state index in [0.29, 0.717) is 12.0 Å². The molecule has 0 unspecified atom stereocenters. The van der Waals surface area contributed by atoms with E-state index in [4.69, 9.17) is 4.74 Å². The van der Waals surface area contributed by atoms with E-state index in [1.54, 1.807) is 12.1 Å². The molecule has 16 heavy (non-hydrogen) atoms. The first-order chi connectivity index (χ1) is 7.75. The Morgan fingerprint density at radius 1 is 1.25 bits per heavy atom. The van der Waals surface area contributed by atoms with Crippen LogP contribution < -0.4 is 0 Å². The molecule has 1 aliphatic carbocycles. The highest BCUT2D eigenvalue weighted by atomic mass is 16.5. The van der Waals surface area contributed by atoms with Crippen molar-refractivity contribution in [2.75, 3.05) is 0 Å². The van der Waals surface area contributed by atoms with Crippen molar-refractivity contribution in [2.45, 2.75) is 37.9 Å². The van der Waals surface area contributed by atoms with Crippen molar-refractivity contribution in [1.29, 1.82) is 0 Å². The molecule has 2 atom stereocenters. The maximum atomic E-state index is 11.7. The smallest absolute Gasteiger partial charge is 0.338 e. The van der Waals surface area contributed by atoms with Gasteiger partial charge in [-0.25, -0.2) is 4.79 Å². The lowest BCUT2D eigenvalue weighted by atomic mass is 9.95. The zero-order valence-electron chi connectivity index (χ0n) is 9.13. The van der Waals surface area contributed by atoms with Crippen LogP contribution in [0, 0.1) is 0 Å². The molecule has 86 valence electrons. The fourth-order valence-electron chi connectivity index (χ4n) is 2.02. The molecule has 0 aromatic heterocycles. The first-order valence-electron chi connectivity index (χ1n) is 5.70. The number of esters is 1. The Hall–Kier alpha value is -1.35. The van der Waals surface area contributed by atoms with Gasteiger partial charge in [0, 0.05) is 6.42 Å². The number of benzene rings is 1. The standard InChI is InChI=1S/C13H16O3/c14-11-7-4-8-12(9-11)16-13(15)10-5-2-1-3-6-10/h1-3,5-6,11-12,14H,4,7-9H2/t11-,12-/m1/s1. The molecular formula is C13H16O3. The molecule has 0 saturated heterocycles. The molecule has 3 heteroatoms. The van der Waals surface area contributed by atoms with Gasteiger partial charge in [0.1, 0.15) is 6.10 Å². The van der Waals surface area contributed by atoms with E-state index >= 15 is 0 Å². The summed E-state index contributed by atoms with van der Waals surface area (Å²) in [6.07, 6.45) is 2.72. The van der Waals surface area contributed by atoms with Crippen LogP contribution in [0.2, 0.25) is 0 Å². The fourth-order valence-corrected chi connectivity index (χ4v) is 2.02. The van der Waals surface area contributed by atoms with Crippen LogP contribution in [-0.2, 0) is 4.74 Å². The van der Waals surface area contributed by atoms with Crippen LogP contribution in [-0.4, -0.2) is 23.3 Å². The predicted octanol–water partition coefficient (Wildman–Crippen LogP) is 2.15. The Labute approximate surface area is 95.0 Å². The molecule has 1 aromatic carbocycles. The third-order valence-corrected chi connectivity index (χ3v) is 2.88. The highest BCUT2D eigenvalue weighted by Gasteiger charge is 2.23. The molecule has 0 bridgehead atoms. The first kappa shape index (κ1) is 11.1. The number of hydrogen-bond donors (Lipinski definition) is 1. The second kappa shape index (κ2) is 5.12. The maximum Gasteiger partial charge on any atom is 0.338 e. The molecule has 1 fully saturated rings. The monoisotopic (exact) mass is 220 g/mol. The molecule has 0 radical (unpaired) electrons. The maximum absolute atomic E-state index is 11.7. The fraction of sp³-hybridized carbons (Fsp3) is 0.462. The van der Waals surface area contributed by atoms with Crippen molar-refractivity contribution < 1.29 is 14.6 Å². The van der Waals surface area contributed by atoms with E-state index in [0.717, 1.165) is 19.3 Å². The molecular weight excluding hydrogens is 204 g/mol. The van der Waals surface area contributed by atoms with E-state index < -0.39 is 0 Å². The number of hydrogen-bond acceptors (Lipinski definition) is 3. The minimum atomic E-state index is -0.317. The average Bonchev–Trinajstić information content (AvgIpc) is 2.30.